The highest BCUT2D eigenvalue weighted by Gasteiger charge is 2.23. The van der Waals surface area contributed by atoms with Crippen LogP contribution in [0, 0.1) is 0 Å². The first-order valence-corrected chi connectivity index (χ1v) is 6.29. The molecule has 1 rings (SSSR count). The second-order valence-corrected chi connectivity index (χ2v) is 5.43. The minimum Gasteiger partial charge on any atom is -0.463 e. The minimum atomic E-state index is -3.93. The zero-order chi connectivity index (χ0) is 10.9. The second-order valence-electron chi connectivity index (χ2n) is 2.18. The van der Waals surface area contributed by atoms with E-state index in [-0.39, 0.29) is 15.3 Å². The third-order valence-electron chi connectivity index (χ3n) is 1.30. The number of esters is 1. The van der Waals surface area contributed by atoms with Crippen molar-refractivity contribution in [2.75, 3.05) is 7.11 Å². The maximum absolute atomic E-state index is 10.9. The Labute approximate surface area is 92.5 Å². The van der Waals surface area contributed by atoms with Crippen molar-refractivity contribution in [1.29, 1.82) is 0 Å². The van der Waals surface area contributed by atoms with E-state index in [0.29, 0.717) is 0 Å². The van der Waals surface area contributed by atoms with Gasteiger partial charge in [-0.15, -0.1) is 0 Å². The Balaban J connectivity index is 3.25. The molecule has 0 aliphatic rings. The maximum Gasteiger partial charge on any atom is 0.374 e. The Hall–Kier alpha value is -0.530. The van der Waals surface area contributed by atoms with Crippen LogP contribution in [0.4, 0.5) is 0 Å². The van der Waals surface area contributed by atoms with E-state index in [1.165, 1.54) is 0 Å². The molecule has 0 saturated carbocycles. The van der Waals surface area contributed by atoms with Gasteiger partial charge in [-0.2, -0.15) is 0 Å². The number of furan rings is 1. The predicted molar refractivity (Wildman–Crippen MR) is 50.8 cm³/mol. The van der Waals surface area contributed by atoms with Crippen LogP contribution in [-0.2, 0) is 13.8 Å². The van der Waals surface area contributed by atoms with Gasteiger partial charge in [0.2, 0.25) is 5.76 Å². The summed E-state index contributed by atoms with van der Waals surface area (Å²) in [5, 5.41) is 0. The summed E-state index contributed by atoms with van der Waals surface area (Å²) in [5.74, 6) is -1.02. The average molecular weight is 304 g/mol. The van der Waals surface area contributed by atoms with E-state index in [1.807, 2.05) is 0 Å². The van der Waals surface area contributed by atoms with E-state index in [2.05, 4.69) is 20.7 Å². The number of hydrogen-bond donors (Lipinski definition) is 0. The standard InChI is InChI=1S/C6H4BrClO5S/c1-12-6(9)3-2-4(5(7)13-3)14(8,10)11/h2H,1H3. The molecule has 78 valence electrons. The second kappa shape index (κ2) is 3.92. The number of ether oxygens (including phenoxy) is 1. The van der Waals surface area contributed by atoms with E-state index in [1.54, 1.807) is 0 Å². The maximum atomic E-state index is 10.9. The Bertz CT molecular complexity index is 463. The largest absolute Gasteiger partial charge is 0.463 e. The lowest BCUT2D eigenvalue weighted by molar-refractivity contribution is 0.0563. The Morgan fingerprint density at radius 1 is 1.64 bits per heavy atom. The van der Waals surface area contributed by atoms with Crippen molar-refractivity contribution in [3.05, 3.63) is 16.5 Å². The Kier molecular flexibility index (Phi) is 3.23. The molecule has 1 heterocycles. The van der Waals surface area contributed by atoms with Gasteiger partial charge >= 0.3 is 5.97 Å². The molecule has 0 aliphatic heterocycles. The highest BCUT2D eigenvalue weighted by Crippen LogP contribution is 2.28. The molecule has 0 aromatic carbocycles. The van der Waals surface area contributed by atoms with Crippen molar-refractivity contribution in [3.63, 3.8) is 0 Å². The van der Waals surface area contributed by atoms with Crippen LogP contribution in [0.3, 0.4) is 0 Å². The van der Waals surface area contributed by atoms with Gasteiger partial charge in [0.05, 0.1) is 7.11 Å². The number of carbonyl (C=O) groups excluding carboxylic acids is 1. The Morgan fingerprint density at radius 2 is 2.21 bits per heavy atom. The molecule has 1 aromatic rings. The molecule has 0 unspecified atom stereocenters. The van der Waals surface area contributed by atoms with Gasteiger partial charge < -0.3 is 9.15 Å². The van der Waals surface area contributed by atoms with Gasteiger partial charge in [-0.3, -0.25) is 0 Å². The minimum absolute atomic E-state index is 0.132. The van der Waals surface area contributed by atoms with Crippen molar-refractivity contribution in [2.45, 2.75) is 4.90 Å². The first-order valence-electron chi connectivity index (χ1n) is 3.18. The van der Waals surface area contributed by atoms with Gasteiger partial charge in [0, 0.05) is 16.7 Å². The molecule has 0 spiro atoms. The summed E-state index contributed by atoms with van der Waals surface area (Å²) in [6.45, 7) is 0. The van der Waals surface area contributed by atoms with Crippen LogP contribution in [-0.4, -0.2) is 21.5 Å². The molecule has 0 aliphatic carbocycles. The Morgan fingerprint density at radius 3 is 2.57 bits per heavy atom. The zero-order valence-corrected chi connectivity index (χ0v) is 9.94. The van der Waals surface area contributed by atoms with E-state index < -0.39 is 15.0 Å². The van der Waals surface area contributed by atoms with Crippen LogP contribution in [0.5, 0.6) is 0 Å². The van der Waals surface area contributed by atoms with Gasteiger partial charge in [0.15, 0.2) is 4.67 Å². The topological polar surface area (TPSA) is 73.6 Å². The van der Waals surface area contributed by atoms with Crippen LogP contribution in [0.2, 0.25) is 0 Å². The summed E-state index contributed by atoms with van der Waals surface area (Å²) in [7, 11) is 2.27. The number of methoxy groups -OCH3 is 1. The van der Waals surface area contributed by atoms with E-state index in [4.69, 9.17) is 15.1 Å². The van der Waals surface area contributed by atoms with Gasteiger partial charge in [0.25, 0.3) is 9.05 Å². The van der Waals surface area contributed by atoms with Crippen molar-refractivity contribution in [2.24, 2.45) is 0 Å². The fourth-order valence-electron chi connectivity index (χ4n) is 0.720. The monoisotopic (exact) mass is 302 g/mol. The molecule has 0 saturated heterocycles. The highest BCUT2D eigenvalue weighted by atomic mass is 79.9. The van der Waals surface area contributed by atoms with Crippen molar-refractivity contribution in [3.8, 4) is 0 Å². The lowest BCUT2D eigenvalue weighted by Crippen LogP contribution is -1.98. The van der Waals surface area contributed by atoms with Crippen molar-refractivity contribution in [1.82, 2.24) is 0 Å². The third-order valence-corrected chi connectivity index (χ3v) is 3.48. The molecular formula is C6H4BrClO5S. The molecule has 8 heteroatoms. The van der Waals surface area contributed by atoms with Gasteiger partial charge in [-0.25, -0.2) is 13.2 Å². The fraction of sp³-hybridized carbons (Fsp3) is 0.167. The van der Waals surface area contributed by atoms with Crippen LogP contribution in [0.15, 0.2) is 20.0 Å². The van der Waals surface area contributed by atoms with Crippen molar-refractivity contribution >= 4 is 41.6 Å². The smallest absolute Gasteiger partial charge is 0.374 e. The molecule has 14 heavy (non-hydrogen) atoms. The zero-order valence-electron chi connectivity index (χ0n) is 6.78. The van der Waals surface area contributed by atoms with Gasteiger partial charge in [-0.1, -0.05) is 0 Å². The van der Waals surface area contributed by atoms with Crippen LogP contribution >= 0.6 is 26.6 Å². The van der Waals surface area contributed by atoms with Crippen LogP contribution in [0.25, 0.3) is 0 Å². The van der Waals surface area contributed by atoms with E-state index in [0.717, 1.165) is 13.2 Å². The molecular weight excluding hydrogens is 299 g/mol. The SMILES string of the molecule is COC(=O)c1cc(S(=O)(=O)Cl)c(Br)o1. The molecule has 0 N–H and O–H groups in total. The van der Waals surface area contributed by atoms with E-state index >= 15 is 0 Å². The third kappa shape index (κ3) is 2.28. The predicted octanol–water partition coefficient (Wildman–Crippen LogP) is 1.76. The van der Waals surface area contributed by atoms with Crippen molar-refractivity contribution < 1.29 is 22.4 Å². The van der Waals surface area contributed by atoms with Gasteiger partial charge in [-0.05, 0) is 15.9 Å². The fourth-order valence-corrected chi connectivity index (χ4v) is 2.75. The highest BCUT2D eigenvalue weighted by molar-refractivity contribution is 9.10. The van der Waals surface area contributed by atoms with Crippen LogP contribution in [0.1, 0.15) is 10.6 Å². The summed E-state index contributed by atoms with van der Waals surface area (Å²) in [5.41, 5.74) is 0. The van der Waals surface area contributed by atoms with Gasteiger partial charge in [0.1, 0.15) is 4.90 Å². The average Bonchev–Trinajstić information content (AvgIpc) is 2.45. The summed E-state index contributed by atoms with van der Waals surface area (Å²) in [4.78, 5) is 10.6. The lowest BCUT2D eigenvalue weighted by atomic mass is 10.5. The molecule has 0 radical (unpaired) electrons. The molecule has 0 atom stereocenters. The first kappa shape index (κ1) is 11.5. The summed E-state index contributed by atoms with van der Waals surface area (Å²) in [6, 6.07) is 0.984. The molecule has 0 bridgehead atoms. The summed E-state index contributed by atoms with van der Waals surface area (Å²) < 4.78 is 30.8. The quantitative estimate of drug-likeness (QED) is 0.615. The number of carbonyl (C=O) groups is 1. The summed E-state index contributed by atoms with van der Waals surface area (Å²) in [6.07, 6.45) is 0. The number of hydrogen-bond acceptors (Lipinski definition) is 5. The lowest BCUT2D eigenvalue weighted by Gasteiger charge is -1.90. The molecule has 1 aromatic heterocycles. The first-order chi connectivity index (χ1) is 6.36. The number of halogens is 2. The molecule has 0 fully saturated rings. The van der Waals surface area contributed by atoms with Crippen LogP contribution < -0.4 is 0 Å². The summed E-state index contributed by atoms with van der Waals surface area (Å²) >= 11 is 2.81. The number of rotatable bonds is 2. The molecule has 0 amide bonds. The molecule has 5 nitrogen and oxygen atoms in total. The normalized spacial score (nSPS) is 11.4. The van der Waals surface area contributed by atoms with E-state index in [9.17, 15) is 13.2 Å².